The first-order valence-corrected chi connectivity index (χ1v) is 4.83. The van der Waals surface area contributed by atoms with Crippen LogP contribution >= 0.6 is 11.8 Å². The molecule has 0 fully saturated rings. The van der Waals surface area contributed by atoms with Gasteiger partial charge in [0, 0.05) is 10.6 Å². The third-order valence-corrected chi connectivity index (χ3v) is 2.75. The van der Waals surface area contributed by atoms with Gasteiger partial charge < -0.3 is 10.8 Å². The summed E-state index contributed by atoms with van der Waals surface area (Å²) in [5, 5.41) is 7.95. The molecule has 0 spiro atoms. The molecule has 1 aromatic carbocycles. The molecule has 3 nitrogen and oxygen atoms in total. The number of carboxylic acids is 1. The Labute approximate surface area is 85.1 Å². The summed E-state index contributed by atoms with van der Waals surface area (Å²) in [5.41, 5.74) is 5.68. The summed E-state index contributed by atoms with van der Waals surface area (Å²) in [6.45, 7) is 1.50. The van der Waals surface area contributed by atoms with Crippen LogP contribution in [-0.2, 0) is 4.79 Å². The van der Waals surface area contributed by atoms with Crippen molar-refractivity contribution in [3.05, 3.63) is 24.0 Å². The van der Waals surface area contributed by atoms with E-state index in [4.69, 9.17) is 10.8 Å². The van der Waals surface area contributed by atoms with E-state index in [-0.39, 0.29) is 0 Å². The summed E-state index contributed by atoms with van der Waals surface area (Å²) in [6.07, 6.45) is 0. The molecule has 14 heavy (non-hydrogen) atoms. The van der Waals surface area contributed by atoms with Crippen molar-refractivity contribution >= 4 is 23.4 Å². The first-order chi connectivity index (χ1) is 6.50. The number of nitrogen functional groups attached to an aromatic ring is 1. The molecule has 0 bridgehead atoms. The highest BCUT2D eigenvalue weighted by Crippen LogP contribution is 2.27. The van der Waals surface area contributed by atoms with Crippen LogP contribution in [0.15, 0.2) is 23.1 Å². The Morgan fingerprint density at radius 3 is 2.79 bits per heavy atom. The number of carboxylic acid groups (broad SMARTS) is 1. The van der Waals surface area contributed by atoms with Gasteiger partial charge in [0.05, 0.1) is 0 Å². The van der Waals surface area contributed by atoms with Crippen molar-refractivity contribution in [2.75, 3.05) is 5.73 Å². The van der Waals surface area contributed by atoms with E-state index < -0.39 is 17.0 Å². The molecular weight excluding hydrogens is 205 g/mol. The van der Waals surface area contributed by atoms with E-state index in [9.17, 15) is 9.18 Å². The van der Waals surface area contributed by atoms with E-state index in [0.29, 0.717) is 10.6 Å². The number of halogens is 1. The summed E-state index contributed by atoms with van der Waals surface area (Å²) in [7, 11) is 0. The fourth-order valence-electron chi connectivity index (χ4n) is 0.854. The number of nitrogens with two attached hydrogens (primary N) is 1. The molecule has 0 radical (unpaired) electrons. The number of rotatable bonds is 3. The predicted molar refractivity (Wildman–Crippen MR) is 53.8 cm³/mol. The Balaban J connectivity index is 2.82. The second-order valence-corrected chi connectivity index (χ2v) is 4.17. The Hall–Kier alpha value is -1.23. The molecule has 3 N–H and O–H groups in total. The maximum atomic E-state index is 13.2. The van der Waals surface area contributed by atoms with Crippen LogP contribution in [0.1, 0.15) is 6.92 Å². The first kappa shape index (κ1) is 10.8. The number of carbonyl (C=O) groups is 1. The lowest BCUT2D eigenvalue weighted by Crippen LogP contribution is -2.11. The fourth-order valence-corrected chi connectivity index (χ4v) is 1.65. The number of hydrogen-bond donors (Lipinski definition) is 2. The molecule has 0 aliphatic rings. The Bertz CT molecular complexity index is 357. The largest absolute Gasteiger partial charge is 0.480 e. The molecule has 0 heterocycles. The summed E-state index contributed by atoms with van der Waals surface area (Å²) < 4.78 is 13.2. The van der Waals surface area contributed by atoms with Crippen molar-refractivity contribution in [3.63, 3.8) is 0 Å². The number of aliphatic carboxylic acids is 1. The van der Waals surface area contributed by atoms with Crippen LogP contribution in [0.25, 0.3) is 0 Å². The number of thioether (sulfide) groups is 1. The van der Waals surface area contributed by atoms with Crippen LogP contribution in [0.5, 0.6) is 0 Å². The highest BCUT2D eigenvalue weighted by molar-refractivity contribution is 8.00. The normalized spacial score (nSPS) is 12.4. The molecule has 5 heteroatoms. The summed E-state index contributed by atoms with van der Waals surface area (Å²) in [4.78, 5) is 10.8. The van der Waals surface area contributed by atoms with Crippen molar-refractivity contribution in [3.8, 4) is 0 Å². The monoisotopic (exact) mass is 215 g/mol. The average Bonchev–Trinajstić information content (AvgIpc) is 2.09. The molecular formula is C9H10FNO2S. The van der Waals surface area contributed by atoms with Gasteiger partial charge in [0.25, 0.3) is 0 Å². The third kappa shape index (κ3) is 2.63. The van der Waals surface area contributed by atoms with Crippen molar-refractivity contribution in [2.45, 2.75) is 17.1 Å². The van der Waals surface area contributed by atoms with E-state index in [1.54, 1.807) is 6.07 Å². The zero-order valence-electron chi connectivity index (χ0n) is 7.53. The topological polar surface area (TPSA) is 63.3 Å². The lowest BCUT2D eigenvalue weighted by molar-refractivity contribution is -0.136. The van der Waals surface area contributed by atoms with Crippen LogP contribution < -0.4 is 5.73 Å². The van der Waals surface area contributed by atoms with Crippen molar-refractivity contribution < 1.29 is 14.3 Å². The van der Waals surface area contributed by atoms with Gasteiger partial charge in [-0.3, -0.25) is 4.79 Å². The molecule has 0 saturated heterocycles. The molecule has 0 amide bonds. The van der Waals surface area contributed by atoms with E-state index in [1.165, 1.54) is 19.1 Å². The van der Waals surface area contributed by atoms with E-state index in [1.807, 2.05) is 0 Å². The van der Waals surface area contributed by atoms with Gasteiger partial charge in [-0.15, -0.1) is 11.8 Å². The smallest absolute Gasteiger partial charge is 0.316 e. The van der Waals surface area contributed by atoms with Crippen LogP contribution in [0.4, 0.5) is 10.1 Å². The van der Waals surface area contributed by atoms with Crippen molar-refractivity contribution in [2.24, 2.45) is 0 Å². The van der Waals surface area contributed by atoms with Gasteiger partial charge >= 0.3 is 5.97 Å². The summed E-state index contributed by atoms with van der Waals surface area (Å²) in [5.74, 6) is -1.45. The maximum Gasteiger partial charge on any atom is 0.316 e. The fraction of sp³-hybridized carbons (Fsp3) is 0.222. The molecule has 76 valence electrons. The lowest BCUT2D eigenvalue weighted by Gasteiger charge is -2.07. The minimum absolute atomic E-state index is 0.300. The molecule has 1 unspecified atom stereocenters. The zero-order chi connectivity index (χ0) is 10.7. The molecule has 0 aliphatic carbocycles. The van der Waals surface area contributed by atoms with Gasteiger partial charge in [-0.05, 0) is 25.1 Å². The Morgan fingerprint density at radius 2 is 2.29 bits per heavy atom. The highest BCUT2D eigenvalue weighted by Gasteiger charge is 2.14. The van der Waals surface area contributed by atoms with Gasteiger partial charge in [0.15, 0.2) is 0 Å². The van der Waals surface area contributed by atoms with Crippen molar-refractivity contribution in [1.29, 1.82) is 0 Å². The first-order valence-electron chi connectivity index (χ1n) is 3.95. The van der Waals surface area contributed by atoms with Crippen molar-refractivity contribution in [1.82, 2.24) is 0 Å². The average molecular weight is 215 g/mol. The molecule has 1 rings (SSSR count). The lowest BCUT2D eigenvalue weighted by atomic mass is 10.3. The van der Waals surface area contributed by atoms with Gasteiger partial charge in [-0.1, -0.05) is 0 Å². The zero-order valence-corrected chi connectivity index (χ0v) is 8.34. The third-order valence-electron chi connectivity index (χ3n) is 1.61. The predicted octanol–water partition coefficient (Wildman–Crippen LogP) is 1.97. The van der Waals surface area contributed by atoms with Gasteiger partial charge in [0.2, 0.25) is 0 Å². The van der Waals surface area contributed by atoms with Gasteiger partial charge in [-0.2, -0.15) is 0 Å². The SMILES string of the molecule is CC(Sc1ccc(N)cc1F)C(=O)O. The quantitative estimate of drug-likeness (QED) is 0.597. The minimum Gasteiger partial charge on any atom is -0.480 e. The van der Waals surface area contributed by atoms with E-state index >= 15 is 0 Å². The second kappa shape index (κ2) is 4.32. The van der Waals surface area contributed by atoms with Crippen LogP contribution in [-0.4, -0.2) is 16.3 Å². The standard InChI is InChI=1S/C9H10FNO2S/c1-5(9(12)13)14-8-3-2-6(11)4-7(8)10/h2-5H,11H2,1H3,(H,12,13). The number of benzene rings is 1. The molecule has 1 aromatic rings. The highest BCUT2D eigenvalue weighted by atomic mass is 32.2. The van der Waals surface area contributed by atoms with E-state index in [2.05, 4.69) is 0 Å². The number of anilines is 1. The van der Waals surface area contributed by atoms with Gasteiger partial charge in [-0.25, -0.2) is 4.39 Å². The number of hydrogen-bond acceptors (Lipinski definition) is 3. The molecule has 0 saturated carbocycles. The van der Waals surface area contributed by atoms with Crippen LogP contribution in [0, 0.1) is 5.82 Å². The molecule has 1 atom stereocenters. The molecule has 0 aliphatic heterocycles. The summed E-state index contributed by atoms with van der Waals surface area (Å²) in [6, 6.07) is 4.20. The van der Waals surface area contributed by atoms with Crippen LogP contribution in [0.2, 0.25) is 0 Å². The summed E-state index contributed by atoms with van der Waals surface area (Å²) >= 11 is 0.957. The Morgan fingerprint density at radius 1 is 1.64 bits per heavy atom. The second-order valence-electron chi connectivity index (χ2n) is 2.79. The van der Waals surface area contributed by atoms with Crippen LogP contribution in [0.3, 0.4) is 0 Å². The maximum absolute atomic E-state index is 13.2. The minimum atomic E-state index is -0.966. The molecule has 0 aromatic heterocycles. The van der Waals surface area contributed by atoms with Gasteiger partial charge in [0.1, 0.15) is 11.1 Å². The van der Waals surface area contributed by atoms with E-state index in [0.717, 1.165) is 11.8 Å². The Kier molecular flexibility index (Phi) is 3.35.